The molecule has 0 bridgehead atoms. The van der Waals surface area contributed by atoms with Crippen LogP contribution >= 0.6 is 0 Å². The molecule has 35 heavy (non-hydrogen) atoms. The summed E-state index contributed by atoms with van der Waals surface area (Å²) in [6, 6.07) is 10.5. The Kier molecular flexibility index (Phi) is 6.84. The van der Waals surface area contributed by atoms with Gasteiger partial charge in [0.05, 0.1) is 20.6 Å². The van der Waals surface area contributed by atoms with Crippen molar-refractivity contribution in [2.75, 3.05) is 20.8 Å². The first-order valence-electron chi connectivity index (χ1n) is 11.4. The number of fused-ring (bicyclic) bond motifs is 7. The van der Waals surface area contributed by atoms with Crippen LogP contribution in [0.2, 0.25) is 0 Å². The van der Waals surface area contributed by atoms with Gasteiger partial charge in [0, 0.05) is 18.2 Å². The molecule has 0 unspecified atom stereocenters. The molecule has 0 aliphatic carbocycles. The maximum Gasteiger partial charge on any atom is 0.331 e. The van der Waals surface area contributed by atoms with Crippen molar-refractivity contribution in [3.63, 3.8) is 0 Å². The molecule has 184 valence electrons. The number of ether oxygens (including phenoxy) is 2. The zero-order valence-electron chi connectivity index (χ0n) is 19.8. The Morgan fingerprint density at radius 2 is 1.66 bits per heavy atom. The van der Waals surface area contributed by atoms with Crippen molar-refractivity contribution in [3.8, 4) is 17.2 Å². The summed E-state index contributed by atoms with van der Waals surface area (Å²) < 4.78 is 11.1. The van der Waals surface area contributed by atoms with E-state index >= 15 is 0 Å². The molecule has 8 nitrogen and oxygen atoms in total. The van der Waals surface area contributed by atoms with Crippen LogP contribution in [0.25, 0.3) is 21.5 Å². The molecule has 1 saturated heterocycles. The smallest absolute Gasteiger partial charge is 0.331 e. The van der Waals surface area contributed by atoms with Crippen LogP contribution in [0.4, 0.5) is 0 Å². The van der Waals surface area contributed by atoms with Crippen molar-refractivity contribution >= 4 is 33.5 Å². The zero-order valence-corrected chi connectivity index (χ0v) is 19.8. The molecule has 3 N–H and O–H groups in total. The second-order valence-electron chi connectivity index (χ2n) is 8.89. The van der Waals surface area contributed by atoms with E-state index < -0.39 is 18.4 Å². The number of phenolic OH excluding ortho intramolecular Hbond substituents is 1. The minimum atomic E-state index is -1.27. The predicted molar refractivity (Wildman–Crippen MR) is 132 cm³/mol. The van der Waals surface area contributed by atoms with Gasteiger partial charge in [0.2, 0.25) is 0 Å². The Morgan fingerprint density at radius 3 is 2.26 bits per heavy atom. The lowest BCUT2D eigenvalue weighted by Crippen LogP contribution is -2.35. The predicted octanol–water partition coefficient (Wildman–Crippen LogP) is 4.34. The summed E-state index contributed by atoms with van der Waals surface area (Å²) in [7, 11) is 3.35. The van der Waals surface area contributed by atoms with Crippen LogP contribution in [0.3, 0.4) is 0 Å². The van der Waals surface area contributed by atoms with Gasteiger partial charge >= 0.3 is 11.9 Å². The van der Waals surface area contributed by atoms with E-state index in [0.29, 0.717) is 11.8 Å². The zero-order chi connectivity index (χ0) is 25.3. The molecule has 2 aliphatic rings. The van der Waals surface area contributed by atoms with Gasteiger partial charge in [0.1, 0.15) is 5.75 Å². The van der Waals surface area contributed by atoms with Crippen molar-refractivity contribution in [2.45, 2.75) is 38.3 Å². The highest BCUT2D eigenvalue weighted by Gasteiger charge is 2.32. The average Bonchev–Trinajstić information content (AvgIpc) is 3.29. The van der Waals surface area contributed by atoms with Crippen LogP contribution < -0.4 is 9.47 Å². The topological polar surface area (TPSA) is 117 Å². The molecule has 1 fully saturated rings. The Labute approximate surface area is 203 Å². The molecule has 2 aliphatic heterocycles. The highest BCUT2D eigenvalue weighted by molar-refractivity contribution is 6.12. The third-order valence-electron chi connectivity index (χ3n) is 6.80. The maximum atomic E-state index is 10.1. The van der Waals surface area contributed by atoms with Crippen LogP contribution in [0.5, 0.6) is 17.2 Å². The quantitative estimate of drug-likeness (QED) is 0.366. The van der Waals surface area contributed by atoms with Gasteiger partial charge in [0.15, 0.2) is 11.5 Å². The van der Waals surface area contributed by atoms with Crippen molar-refractivity contribution in [1.29, 1.82) is 0 Å². The van der Waals surface area contributed by atoms with E-state index in [2.05, 4.69) is 29.7 Å². The number of aromatic hydroxyl groups is 1. The monoisotopic (exact) mass is 479 g/mol. The van der Waals surface area contributed by atoms with Crippen LogP contribution in [-0.4, -0.2) is 59.0 Å². The molecule has 0 aromatic heterocycles. The summed E-state index contributed by atoms with van der Waals surface area (Å²) in [5.41, 5.74) is 2.53. The molecular weight excluding hydrogens is 450 g/mol. The van der Waals surface area contributed by atoms with E-state index in [1.165, 1.54) is 41.3 Å². The number of phenols is 1. The summed E-state index contributed by atoms with van der Waals surface area (Å²) in [4.78, 5) is 22.3. The van der Waals surface area contributed by atoms with E-state index in [0.717, 1.165) is 35.2 Å². The molecule has 0 radical (unpaired) electrons. The van der Waals surface area contributed by atoms with Gasteiger partial charge in [0.25, 0.3) is 0 Å². The molecule has 3 aromatic rings. The SMILES string of the molecule is C=C(CC(=O)O)C(=O)O.COc1cc2c3c(c4ccc(O)cc4c2cc1OC)CN1CCC[C@H]1C3. The van der Waals surface area contributed by atoms with Gasteiger partial charge in [-0.1, -0.05) is 12.6 Å². The molecule has 1 atom stereocenters. The molecule has 0 amide bonds. The van der Waals surface area contributed by atoms with E-state index in [4.69, 9.17) is 19.7 Å². The van der Waals surface area contributed by atoms with Crippen molar-refractivity contribution < 1.29 is 34.4 Å². The molecule has 3 aromatic carbocycles. The second kappa shape index (κ2) is 9.84. The van der Waals surface area contributed by atoms with E-state index in [1.54, 1.807) is 20.3 Å². The van der Waals surface area contributed by atoms with Gasteiger partial charge < -0.3 is 24.8 Å². The molecule has 5 rings (SSSR count). The van der Waals surface area contributed by atoms with Gasteiger partial charge in [-0.3, -0.25) is 9.69 Å². The average molecular weight is 480 g/mol. The van der Waals surface area contributed by atoms with Gasteiger partial charge in [-0.05, 0) is 82.7 Å². The Balaban J connectivity index is 0.000000277. The largest absolute Gasteiger partial charge is 0.508 e. The number of rotatable bonds is 5. The highest BCUT2D eigenvalue weighted by Crippen LogP contribution is 2.44. The normalized spacial score (nSPS) is 16.7. The lowest BCUT2D eigenvalue weighted by atomic mass is 9.85. The third kappa shape index (κ3) is 4.74. The number of carboxylic acids is 2. The fourth-order valence-corrected chi connectivity index (χ4v) is 5.14. The minimum absolute atomic E-state index is 0.295. The fourth-order valence-electron chi connectivity index (χ4n) is 5.14. The highest BCUT2D eigenvalue weighted by atomic mass is 16.5. The summed E-state index contributed by atoms with van der Waals surface area (Å²) >= 11 is 0. The van der Waals surface area contributed by atoms with E-state index in [-0.39, 0.29) is 5.57 Å². The minimum Gasteiger partial charge on any atom is -0.508 e. The lowest BCUT2D eigenvalue weighted by Gasteiger charge is -2.33. The molecule has 2 heterocycles. The molecule has 0 spiro atoms. The third-order valence-corrected chi connectivity index (χ3v) is 6.80. The van der Waals surface area contributed by atoms with Gasteiger partial charge in [-0.2, -0.15) is 0 Å². The van der Waals surface area contributed by atoms with Crippen molar-refractivity contribution in [3.05, 3.63) is 53.6 Å². The number of nitrogens with zero attached hydrogens (tertiary/aromatic N) is 1. The van der Waals surface area contributed by atoms with Crippen LogP contribution in [0.1, 0.15) is 30.4 Å². The number of carboxylic acid groups (broad SMARTS) is 2. The van der Waals surface area contributed by atoms with E-state index in [9.17, 15) is 14.7 Å². The van der Waals surface area contributed by atoms with Crippen LogP contribution in [0.15, 0.2) is 42.5 Å². The summed E-state index contributed by atoms with van der Waals surface area (Å²) in [5, 5.41) is 30.8. The number of aliphatic carboxylic acids is 2. The molecule has 0 saturated carbocycles. The van der Waals surface area contributed by atoms with E-state index in [1.807, 2.05) is 6.07 Å². The molecular formula is C27H29NO7. The summed E-state index contributed by atoms with van der Waals surface area (Å²) in [5.74, 6) is -0.665. The Hall–Kier alpha value is -3.78. The summed E-state index contributed by atoms with van der Waals surface area (Å²) in [6.45, 7) is 5.19. The number of methoxy groups -OCH3 is 2. The Bertz CT molecular complexity index is 1330. The lowest BCUT2D eigenvalue weighted by molar-refractivity contribution is -0.139. The Morgan fingerprint density at radius 1 is 1.00 bits per heavy atom. The fraction of sp³-hybridized carbons (Fsp3) is 0.333. The standard InChI is InChI=1S/C22H23NO3.C5H6O4/c1-25-21-10-18-16-8-13-4-3-7-23(13)12-20(16)15-6-5-14(24)9-17(15)19(18)11-22(21)26-2;1-3(5(8)9)2-4(6)7/h5-6,9-11,13,24H,3-4,7-8,12H2,1-2H3;1-2H2,(H,6,7)(H,8,9)/t13-;/m0./s1. The summed E-state index contributed by atoms with van der Waals surface area (Å²) in [6.07, 6.45) is 3.14. The maximum absolute atomic E-state index is 10.1. The number of carbonyl (C=O) groups is 2. The second-order valence-corrected chi connectivity index (χ2v) is 8.89. The van der Waals surface area contributed by atoms with Gasteiger partial charge in [-0.15, -0.1) is 0 Å². The van der Waals surface area contributed by atoms with Crippen LogP contribution in [0, 0.1) is 0 Å². The first kappa shape index (κ1) is 24.3. The number of benzene rings is 3. The first-order valence-corrected chi connectivity index (χ1v) is 11.4. The number of hydrogen-bond acceptors (Lipinski definition) is 6. The molecule has 8 heteroatoms. The van der Waals surface area contributed by atoms with Gasteiger partial charge in [-0.25, -0.2) is 4.79 Å². The van der Waals surface area contributed by atoms with Crippen molar-refractivity contribution in [2.24, 2.45) is 0 Å². The first-order chi connectivity index (χ1) is 16.7. The number of hydrogen-bond donors (Lipinski definition) is 3. The van der Waals surface area contributed by atoms with Crippen molar-refractivity contribution in [1.82, 2.24) is 4.90 Å². The van der Waals surface area contributed by atoms with Crippen LogP contribution in [-0.2, 0) is 22.6 Å².